The van der Waals surface area contributed by atoms with Gasteiger partial charge in [0.15, 0.2) is 0 Å². The van der Waals surface area contributed by atoms with E-state index in [-0.39, 0.29) is 51.2 Å². The average molecular weight is 131 g/mol. The molecule has 4 heteroatoms. The Balaban J connectivity index is 0. The Morgan fingerprint density at radius 2 is 0.750 bits per heavy atom. The maximum absolute atomic E-state index is 0. The Kier molecular flexibility index (Phi) is 460. The minimum absolute atomic E-state index is 0. The van der Waals surface area contributed by atoms with Crippen LogP contribution < -0.4 is 0 Å². The van der Waals surface area contributed by atoms with Crippen LogP contribution in [0.1, 0.15) is 0 Å². The minimum Gasteiger partial charge on any atom is -2.00 e. The molecule has 0 aromatic heterocycles. The maximum atomic E-state index is 0. The predicted molar refractivity (Wildman–Crippen MR) is 1.37 cm³/mol. The van der Waals surface area contributed by atoms with E-state index in [1.54, 1.807) is 0 Å². The van der Waals surface area contributed by atoms with Gasteiger partial charge in [-0.05, 0) is 0 Å². The van der Waals surface area contributed by atoms with Gasteiger partial charge in [-0.25, -0.2) is 0 Å². The van der Waals surface area contributed by atoms with Gasteiger partial charge in [-0.15, -0.1) is 0 Å². The molecule has 0 aliphatic carbocycles. The van der Waals surface area contributed by atoms with Gasteiger partial charge in [0.1, 0.15) is 0 Å². The molecule has 0 rings (SSSR count). The molecule has 0 heterocycles. The van der Waals surface area contributed by atoms with Crippen LogP contribution in [0.2, 0.25) is 0 Å². The Labute approximate surface area is 51.3 Å². The van der Waals surface area contributed by atoms with Crippen LogP contribution in [-0.4, -0.2) is 0 Å². The SMILES string of the molecule is [O-2].[O-2].[Ti+4].[V+5]. The van der Waals surface area contributed by atoms with Gasteiger partial charge >= 0.3 is 40.3 Å². The van der Waals surface area contributed by atoms with Crippen LogP contribution in [0, 0.1) is 0 Å². The van der Waals surface area contributed by atoms with E-state index in [0.717, 1.165) is 0 Å². The molecular formula is O2TiV+5. The molecule has 0 aliphatic rings. The first-order valence-electron chi connectivity index (χ1n) is 0. The van der Waals surface area contributed by atoms with Crippen LogP contribution in [0.25, 0.3) is 0 Å². The molecule has 4 heavy (non-hydrogen) atoms. The van der Waals surface area contributed by atoms with Crippen LogP contribution in [0.5, 0.6) is 0 Å². The van der Waals surface area contributed by atoms with Gasteiger partial charge < -0.3 is 11.0 Å². The number of hydrogen-bond acceptors (Lipinski definition) is 0. The first-order chi connectivity index (χ1) is 0. The number of hydrogen-bond donors (Lipinski definition) is 0. The van der Waals surface area contributed by atoms with E-state index >= 15 is 0 Å². The zero-order chi connectivity index (χ0) is 0. The fraction of sp³-hybridized carbons (Fsp3) is 0. The summed E-state index contributed by atoms with van der Waals surface area (Å²) in [6.07, 6.45) is 0. The molecule has 0 aliphatic heterocycles. The molecule has 0 aromatic rings. The van der Waals surface area contributed by atoms with E-state index in [2.05, 4.69) is 0 Å². The fourth-order valence-electron chi connectivity index (χ4n) is 0. The van der Waals surface area contributed by atoms with Crippen LogP contribution >= 0.6 is 0 Å². The molecule has 0 saturated carbocycles. The Morgan fingerprint density at radius 3 is 0.750 bits per heavy atom. The maximum Gasteiger partial charge on any atom is 5.00 e. The van der Waals surface area contributed by atoms with Gasteiger partial charge in [0.05, 0.1) is 0 Å². The second-order valence-electron chi connectivity index (χ2n) is 0. The third-order valence-corrected chi connectivity index (χ3v) is 0. The van der Waals surface area contributed by atoms with Crippen molar-refractivity contribution in [1.29, 1.82) is 0 Å². The summed E-state index contributed by atoms with van der Waals surface area (Å²) in [6.45, 7) is 0. The molecule has 0 fully saturated rings. The number of rotatable bonds is 0. The van der Waals surface area contributed by atoms with Crippen molar-refractivity contribution in [2.24, 2.45) is 0 Å². The Bertz CT molecular complexity index is 6.00. The van der Waals surface area contributed by atoms with E-state index in [0.29, 0.717) is 0 Å². The Hall–Kier alpha value is 1.22. The summed E-state index contributed by atoms with van der Waals surface area (Å²) < 4.78 is 0. The van der Waals surface area contributed by atoms with E-state index < -0.39 is 0 Å². The largest absolute Gasteiger partial charge is 5.00 e. The van der Waals surface area contributed by atoms with Crippen LogP contribution in [0.4, 0.5) is 0 Å². The Morgan fingerprint density at radius 1 is 0.750 bits per heavy atom. The second-order valence-corrected chi connectivity index (χ2v) is 0. The first kappa shape index (κ1) is 62.5. The predicted octanol–water partition coefficient (Wildman–Crippen LogP) is -0.243. The molecule has 16 valence electrons. The normalized spacial score (nSPS) is 0. The van der Waals surface area contributed by atoms with Crippen molar-refractivity contribution in [2.75, 3.05) is 0 Å². The summed E-state index contributed by atoms with van der Waals surface area (Å²) in [6, 6.07) is 0. The molecule has 2 nitrogen and oxygen atoms in total. The van der Waals surface area contributed by atoms with Gasteiger partial charge in [0.25, 0.3) is 0 Å². The van der Waals surface area contributed by atoms with Crippen molar-refractivity contribution < 1.29 is 51.2 Å². The summed E-state index contributed by atoms with van der Waals surface area (Å²) in [5.74, 6) is 0. The summed E-state index contributed by atoms with van der Waals surface area (Å²) in [4.78, 5) is 0. The van der Waals surface area contributed by atoms with Crippen molar-refractivity contribution in [3.05, 3.63) is 0 Å². The monoisotopic (exact) mass is 131 g/mol. The van der Waals surface area contributed by atoms with Gasteiger partial charge in [-0.2, -0.15) is 0 Å². The van der Waals surface area contributed by atoms with E-state index in [4.69, 9.17) is 0 Å². The van der Waals surface area contributed by atoms with Crippen molar-refractivity contribution in [3.8, 4) is 0 Å². The molecular weight excluding hydrogens is 131 g/mol. The molecule has 0 amide bonds. The van der Waals surface area contributed by atoms with Gasteiger partial charge in [0.2, 0.25) is 0 Å². The van der Waals surface area contributed by atoms with Crippen molar-refractivity contribution in [2.45, 2.75) is 0 Å². The fourth-order valence-corrected chi connectivity index (χ4v) is 0. The third kappa shape index (κ3) is 10.7. The molecule has 0 unspecified atom stereocenters. The molecule has 0 radical (unpaired) electrons. The summed E-state index contributed by atoms with van der Waals surface area (Å²) in [5, 5.41) is 0. The smallest absolute Gasteiger partial charge is 2.00 e. The van der Waals surface area contributed by atoms with E-state index in [9.17, 15) is 0 Å². The van der Waals surface area contributed by atoms with Crippen molar-refractivity contribution >= 4 is 0 Å². The zero-order valence-electron chi connectivity index (χ0n) is 1.76. The topological polar surface area (TPSA) is 57.0 Å². The molecule has 0 saturated heterocycles. The summed E-state index contributed by atoms with van der Waals surface area (Å²) in [7, 11) is 0. The molecule has 0 spiro atoms. The van der Waals surface area contributed by atoms with Crippen LogP contribution in [-0.2, 0) is 51.2 Å². The first-order valence-corrected chi connectivity index (χ1v) is 0. The molecule has 0 aromatic carbocycles. The van der Waals surface area contributed by atoms with Gasteiger partial charge in [-0.3, -0.25) is 0 Å². The molecule has 0 bridgehead atoms. The third-order valence-electron chi connectivity index (χ3n) is 0. The quantitative estimate of drug-likeness (QED) is 0.407. The minimum atomic E-state index is 0. The van der Waals surface area contributed by atoms with Crippen LogP contribution in [0.15, 0.2) is 0 Å². The van der Waals surface area contributed by atoms with Gasteiger partial charge in [-0.1, -0.05) is 0 Å². The van der Waals surface area contributed by atoms with Crippen LogP contribution in [0.3, 0.4) is 0 Å². The summed E-state index contributed by atoms with van der Waals surface area (Å²) >= 11 is 0. The summed E-state index contributed by atoms with van der Waals surface area (Å²) in [5.41, 5.74) is 0. The van der Waals surface area contributed by atoms with Crippen molar-refractivity contribution in [3.63, 3.8) is 0 Å². The zero-order valence-corrected chi connectivity index (χ0v) is 4.72. The molecule has 0 atom stereocenters. The standard InChI is InChI=1S/2O.Ti.V/q2*-2;+4;+5. The molecule has 0 N–H and O–H groups in total. The van der Waals surface area contributed by atoms with Crippen molar-refractivity contribution in [1.82, 2.24) is 0 Å². The van der Waals surface area contributed by atoms with E-state index in [1.807, 2.05) is 0 Å². The van der Waals surface area contributed by atoms with E-state index in [1.165, 1.54) is 0 Å². The average Bonchev–Trinajstić information content (AvgIpc) is 0. The second kappa shape index (κ2) is 29.4. The van der Waals surface area contributed by atoms with Gasteiger partial charge in [0, 0.05) is 0 Å².